The van der Waals surface area contributed by atoms with E-state index in [1.165, 1.54) is 0 Å². The lowest BCUT2D eigenvalue weighted by Crippen LogP contribution is -1.96. The number of pyridine rings is 1. The molecule has 2 N–H and O–H groups in total. The van der Waals surface area contributed by atoms with Gasteiger partial charge in [-0.1, -0.05) is 6.07 Å². The zero-order chi connectivity index (χ0) is 15.4. The van der Waals surface area contributed by atoms with E-state index in [2.05, 4.69) is 25.6 Å². The molecule has 22 heavy (non-hydrogen) atoms. The van der Waals surface area contributed by atoms with Gasteiger partial charge in [0.05, 0.1) is 0 Å². The van der Waals surface area contributed by atoms with Gasteiger partial charge in [-0.25, -0.2) is 0 Å². The zero-order valence-electron chi connectivity index (χ0n) is 11.3. The molecule has 3 heterocycles. The number of aromatic nitrogens is 5. The van der Waals surface area contributed by atoms with Crippen molar-refractivity contribution >= 4 is 11.5 Å². The SMILES string of the molecule is O=C(C=C(O)c1nn[nH]n1)c1ccc(Cc2ccccn2)o1. The number of aliphatic hydroxyl groups excluding tert-OH is 1. The molecule has 0 unspecified atom stereocenters. The normalized spacial score (nSPS) is 11.5. The van der Waals surface area contributed by atoms with Crippen molar-refractivity contribution < 1.29 is 14.3 Å². The summed E-state index contributed by atoms with van der Waals surface area (Å²) in [5.74, 6) is -0.222. The summed E-state index contributed by atoms with van der Waals surface area (Å²) >= 11 is 0. The van der Waals surface area contributed by atoms with Crippen LogP contribution in [-0.4, -0.2) is 36.5 Å². The molecule has 3 aromatic heterocycles. The molecule has 0 aliphatic carbocycles. The summed E-state index contributed by atoms with van der Waals surface area (Å²) in [5, 5.41) is 22.3. The molecule has 0 amide bonds. The highest BCUT2D eigenvalue weighted by atomic mass is 16.3. The summed E-state index contributed by atoms with van der Waals surface area (Å²) in [7, 11) is 0. The number of aliphatic hydroxyl groups is 1. The quantitative estimate of drug-likeness (QED) is 0.417. The molecule has 0 radical (unpaired) electrons. The monoisotopic (exact) mass is 297 g/mol. The Morgan fingerprint density at radius 3 is 2.95 bits per heavy atom. The van der Waals surface area contributed by atoms with Gasteiger partial charge in [0.2, 0.25) is 11.6 Å². The van der Waals surface area contributed by atoms with Gasteiger partial charge in [-0.15, -0.1) is 10.2 Å². The number of H-pyrrole nitrogens is 1. The minimum absolute atomic E-state index is 0.0615. The topological polar surface area (TPSA) is 118 Å². The molecular weight excluding hydrogens is 286 g/mol. The maximum Gasteiger partial charge on any atom is 0.239 e. The Kier molecular flexibility index (Phi) is 3.73. The van der Waals surface area contributed by atoms with Crippen molar-refractivity contribution in [3.8, 4) is 0 Å². The maximum atomic E-state index is 12.0. The molecule has 8 heteroatoms. The van der Waals surface area contributed by atoms with Gasteiger partial charge in [0.1, 0.15) is 5.76 Å². The molecule has 0 atom stereocenters. The number of aromatic amines is 1. The van der Waals surface area contributed by atoms with Gasteiger partial charge in [0.15, 0.2) is 11.5 Å². The first kappa shape index (κ1) is 13.7. The Morgan fingerprint density at radius 2 is 2.23 bits per heavy atom. The van der Waals surface area contributed by atoms with Crippen LogP contribution in [-0.2, 0) is 6.42 Å². The Labute approximate surface area is 124 Å². The number of rotatable bonds is 5. The molecule has 0 aliphatic rings. The van der Waals surface area contributed by atoms with E-state index in [1.54, 1.807) is 18.3 Å². The van der Waals surface area contributed by atoms with E-state index in [0.29, 0.717) is 12.2 Å². The summed E-state index contributed by atoms with van der Waals surface area (Å²) in [4.78, 5) is 16.2. The fourth-order valence-corrected chi connectivity index (χ4v) is 1.82. The van der Waals surface area contributed by atoms with Crippen molar-refractivity contribution in [1.29, 1.82) is 0 Å². The van der Waals surface area contributed by atoms with Crippen molar-refractivity contribution in [3.63, 3.8) is 0 Å². The van der Waals surface area contributed by atoms with Crippen molar-refractivity contribution in [2.75, 3.05) is 0 Å². The third-order valence-corrected chi connectivity index (χ3v) is 2.83. The number of tetrazole rings is 1. The number of ketones is 1. The largest absolute Gasteiger partial charge is 0.504 e. The third-order valence-electron chi connectivity index (χ3n) is 2.83. The van der Waals surface area contributed by atoms with Gasteiger partial charge in [-0.3, -0.25) is 9.78 Å². The number of furan rings is 1. The minimum Gasteiger partial charge on any atom is -0.504 e. The second kappa shape index (κ2) is 6.00. The van der Waals surface area contributed by atoms with Crippen LogP contribution in [0.25, 0.3) is 5.76 Å². The first-order valence-electron chi connectivity index (χ1n) is 6.40. The minimum atomic E-state index is -0.491. The van der Waals surface area contributed by atoms with Crippen LogP contribution >= 0.6 is 0 Å². The van der Waals surface area contributed by atoms with Gasteiger partial charge in [-0.05, 0) is 29.5 Å². The van der Waals surface area contributed by atoms with Crippen LogP contribution in [0.1, 0.15) is 27.8 Å². The molecule has 0 fully saturated rings. The molecule has 0 spiro atoms. The molecule has 0 aliphatic heterocycles. The highest BCUT2D eigenvalue weighted by molar-refractivity contribution is 6.05. The number of carbonyl (C=O) groups excluding carboxylic acids is 1. The lowest BCUT2D eigenvalue weighted by Gasteiger charge is -1.96. The second-order valence-electron chi connectivity index (χ2n) is 4.39. The molecule has 0 saturated heterocycles. The average Bonchev–Trinajstić information content (AvgIpc) is 3.19. The molecule has 3 aromatic rings. The summed E-state index contributed by atoms with van der Waals surface area (Å²) in [5.41, 5.74) is 0.834. The van der Waals surface area contributed by atoms with Gasteiger partial charge >= 0.3 is 0 Å². The Bertz CT molecular complexity index is 793. The van der Waals surface area contributed by atoms with Crippen molar-refractivity contribution in [3.05, 3.63) is 65.6 Å². The molecule has 110 valence electrons. The van der Waals surface area contributed by atoms with E-state index in [0.717, 1.165) is 11.8 Å². The number of allylic oxidation sites excluding steroid dienone is 1. The molecule has 0 aromatic carbocycles. The average molecular weight is 297 g/mol. The molecule has 8 nitrogen and oxygen atoms in total. The van der Waals surface area contributed by atoms with Gasteiger partial charge < -0.3 is 9.52 Å². The van der Waals surface area contributed by atoms with Crippen LogP contribution in [0.3, 0.4) is 0 Å². The Balaban J connectivity index is 1.73. The lowest BCUT2D eigenvalue weighted by atomic mass is 10.2. The summed E-state index contributed by atoms with van der Waals surface area (Å²) < 4.78 is 5.46. The first-order chi connectivity index (χ1) is 10.7. The maximum absolute atomic E-state index is 12.0. The zero-order valence-corrected chi connectivity index (χ0v) is 11.3. The van der Waals surface area contributed by atoms with E-state index in [-0.39, 0.29) is 17.3 Å². The van der Waals surface area contributed by atoms with Crippen molar-refractivity contribution in [1.82, 2.24) is 25.6 Å². The van der Waals surface area contributed by atoms with Crippen LogP contribution in [0.4, 0.5) is 0 Å². The Hall–Kier alpha value is -3.29. The van der Waals surface area contributed by atoms with E-state index in [4.69, 9.17) is 4.42 Å². The molecule has 0 saturated carbocycles. The van der Waals surface area contributed by atoms with Gasteiger partial charge in [0, 0.05) is 24.4 Å². The van der Waals surface area contributed by atoms with E-state index in [1.807, 2.05) is 18.2 Å². The predicted molar refractivity (Wildman–Crippen MR) is 74.9 cm³/mol. The Morgan fingerprint density at radius 1 is 1.32 bits per heavy atom. The first-order valence-corrected chi connectivity index (χ1v) is 6.40. The highest BCUT2D eigenvalue weighted by Crippen LogP contribution is 2.14. The van der Waals surface area contributed by atoms with Crippen LogP contribution in [0.15, 0.2) is 47.0 Å². The molecule has 3 rings (SSSR count). The number of hydrogen-bond donors (Lipinski definition) is 2. The molecule has 0 bridgehead atoms. The van der Waals surface area contributed by atoms with Crippen LogP contribution in [0, 0.1) is 0 Å². The van der Waals surface area contributed by atoms with Crippen LogP contribution in [0.2, 0.25) is 0 Å². The standard InChI is InChI=1S/C14H11N5O3/c20-11(8-12(21)14-16-18-19-17-14)13-5-4-10(22-13)7-9-3-1-2-6-15-9/h1-6,8,21H,7H2,(H,16,17,18,19). The lowest BCUT2D eigenvalue weighted by molar-refractivity contribution is 0.101. The summed E-state index contributed by atoms with van der Waals surface area (Å²) in [6, 6.07) is 8.81. The van der Waals surface area contributed by atoms with Crippen LogP contribution < -0.4 is 0 Å². The van der Waals surface area contributed by atoms with E-state index >= 15 is 0 Å². The van der Waals surface area contributed by atoms with E-state index < -0.39 is 5.78 Å². The van der Waals surface area contributed by atoms with E-state index in [9.17, 15) is 9.90 Å². The second-order valence-corrected chi connectivity index (χ2v) is 4.39. The predicted octanol–water partition coefficient (Wildman–Crippen LogP) is 1.56. The smallest absolute Gasteiger partial charge is 0.239 e. The summed E-state index contributed by atoms with van der Waals surface area (Å²) in [6.07, 6.45) is 3.15. The fourth-order valence-electron chi connectivity index (χ4n) is 1.82. The van der Waals surface area contributed by atoms with Gasteiger partial charge in [-0.2, -0.15) is 5.21 Å². The van der Waals surface area contributed by atoms with Crippen molar-refractivity contribution in [2.45, 2.75) is 6.42 Å². The molecular formula is C14H11N5O3. The fraction of sp³-hybridized carbons (Fsp3) is 0.0714. The summed E-state index contributed by atoms with van der Waals surface area (Å²) in [6.45, 7) is 0. The number of hydrogen-bond acceptors (Lipinski definition) is 7. The number of nitrogens with one attached hydrogen (secondary N) is 1. The highest BCUT2D eigenvalue weighted by Gasteiger charge is 2.13. The van der Waals surface area contributed by atoms with Crippen molar-refractivity contribution in [2.24, 2.45) is 0 Å². The van der Waals surface area contributed by atoms with Gasteiger partial charge in [0.25, 0.3) is 0 Å². The number of carbonyl (C=O) groups is 1. The number of nitrogens with zero attached hydrogens (tertiary/aromatic N) is 4. The third kappa shape index (κ3) is 3.06. The van der Waals surface area contributed by atoms with Crippen LogP contribution in [0.5, 0.6) is 0 Å².